The van der Waals surface area contributed by atoms with Crippen LogP contribution in [0.2, 0.25) is 0 Å². The van der Waals surface area contributed by atoms with Crippen LogP contribution in [0, 0.1) is 0 Å². The minimum Gasteiger partial charge on any atom is -0.492 e. The average molecular weight is 495 g/mol. The van der Waals surface area contributed by atoms with E-state index in [1.165, 1.54) is 5.56 Å². The molecule has 0 radical (unpaired) electrons. The van der Waals surface area contributed by atoms with Gasteiger partial charge in [-0.2, -0.15) is 0 Å². The van der Waals surface area contributed by atoms with Crippen molar-refractivity contribution in [1.82, 2.24) is 10.6 Å². The fourth-order valence-corrected chi connectivity index (χ4v) is 4.36. The van der Waals surface area contributed by atoms with Gasteiger partial charge in [0.15, 0.2) is 15.8 Å². The summed E-state index contributed by atoms with van der Waals surface area (Å²) in [6.07, 6.45) is 0.624. The van der Waals surface area contributed by atoms with E-state index in [4.69, 9.17) is 4.74 Å². The Morgan fingerprint density at radius 1 is 1.35 bits per heavy atom. The van der Waals surface area contributed by atoms with Crippen LogP contribution in [0.25, 0.3) is 0 Å². The lowest BCUT2D eigenvalue weighted by Crippen LogP contribution is -2.45. The molecule has 0 spiro atoms. The summed E-state index contributed by atoms with van der Waals surface area (Å²) in [5, 5.41) is 6.31. The summed E-state index contributed by atoms with van der Waals surface area (Å²) in [6, 6.07) is 8.06. The van der Waals surface area contributed by atoms with Crippen LogP contribution >= 0.6 is 24.0 Å². The van der Waals surface area contributed by atoms with Crippen LogP contribution in [0.1, 0.15) is 32.8 Å². The monoisotopic (exact) mass is 495 g/mol. The number of hydrogen-bond acceptors (Lipinski definition) is 4. The fraction of sp³-hybridized carbons (Fsp3) is 0.611. The second-order valence-corrected chi connectivity index (χ2v) is 9.60. The lowest BCUT2D eigenvalue weighted by atomic mass is 9.87. The third-order valence-electron chi connectivity index (χ3n) is 4.16. The van der Waals surface area contributed by atoms with Gasteiger partial charge in [-0.15, -0.1) is 24.0 Å². The lowest BCUT2D eigenvalue weighted by molar-refractivity contribution is 0.321. The van der Waals surface area contributed by atoms with E-state index in [-0.39, 0.29) is 46.9 Å². The summed E-state index contributed by atoms with van der Waals surface area (Å²) < 4.78 is 28.8. The number of sulfone groups is 1. The van der Waals surface area contributed by atoms with Crippen LogP contribution in [-0.2, 0) is 15.3 Å². The number of ether oxygens (including phenoxy) is 1. The van der Waals surface area contributed by atoms with E-state index in [2.05, 4.69) is 48.5 Å². The smallest absolute Gasteiger partial charge is 0.191 e. The number of nitrogens with one attached hydrogen (secondary N) is 2. The molecule has 0 amide bonds. The van der Waals surface area contributed by atoms with E-state index in [1.54, 1.807) is 7.05 Å². The molecule has 1 heterocycles. The van der Waals surface area contributed by atoms with Gasteiger partial charge in [0.2, 0.25) is 0 Å². The van der Waals surface area contributed by atoms with Crippen molar-refractivity contribution in [2.24, 2.45) is 4.99 Å². The number of benzene rings is 1. The first-order chi connectivity index (χ1) is 11.7. The summed E-state index contributed by atoms with van der Waals surface area (Å²) in [5.74, 6) is 1.87. The summed E-state index contributed by atoms with van der Waals surface area (Å²) in [4.78, 5) is 4.13. The summed E-state index contributed by atoms with van der Waals surface area (Å²) in [7, 11) is -1.22. The van der Waals surface area contributed by atoms with E-state index in [1.807, 2.05) is 12.1 Å². The van der Waals surface area contributed by atoms with Crippen molar-refractivity contribution in [3.63, 3.8) is 0 Å². The molecule has 2 N–H and O–H groups in total. The Kier molecular flexibility index (Phi) is 8.65. The maximum Gasteiger partial charge on any atom is 0.191 e. The van der Waals surface area contributed by atoms with Crippen LogP contribution in [0.5, 0.6) is 5.75 Å². The van der Waals surface area contributed by atoms with Gasteiger partial charge in [0.05, 0.1) is 18.1 Å². The molecule has 1 aromatic rings. The maximum atomic E-state index is 11.5. The SMILES string of the molecule is CN=C(NCCOc1cccc(C(C)(C)C)c1)NC1CCS(=O)(=O)C1.I. The Bertz CT molecular complexity index is 715. The molecule has 1 aromatic carbocycles. The molecule has 1 aliphatic heterocycles. The molecule has 1 saturated heterocycles. The van der Waals surface area contributed by atoms with Crippen LogP contribution in [0.4, 0.5) is 0 Å². The van der Waals surface area contributed by atoms with E-state index < -0.39 is 9.84 Å². The highest BCUT2D eigenvalue weighted by atomic mass is 127. The van der Waals surface area contributed by atoms with Gasteiger partial charge in [0.1, 0.15) is 12.4 Å². The third-order valence-corrected chi connectivity index (χ3v) is 5.93. The zero-order valence-electron chi connectivity index (χ0n) is 15.9. The van der Waals surface area contributed by atoms with Gasteiger partial charge in [0.25, 0.3) is 0 Å². The van der Waals surface area contributed by atoms with Gasteiger partial charge in [-0.1, -0.05) is 32.9 Å². The van der Waals surface area contributed by atoms with Gasteiger partial charge in [0, 0.05) is 13.1 Å². The van der Waals surface area contributed by atoms with Crippen molar-refractivity contribution in [3.05, 3.63) is 29.8 Å². The molecule has 0 saturated carbocycles. The highest BCUT2D eigenvalue weighted by Gasteiger charge is 2.28. The topological polar surface area (TPSA) is 79.8 Å². The van der Waals surface area contributed by atoms with Gasteiger partial charge < -0.3 is 15.4 Å². The number of halogens is 1. The van der Waals surface area contributed by atoms with Crippen molar-refractivity contribution >= 4 is 39.8 Å². The van der Waals surface area contributed by atoms with E-state index in [9.17, 15) is 8.42 Å². The summed E-state index contributed by atoms with van der Waals surface area (Å²) in [6.45, 7) is 7.60. The predicted octanol–water partition coefficient (Wildman–Crippen LogP) is 2.33. The zero-order valence-corrected chi connectivity index (χ0v) is 19.1. The van der Waals surface area contributed by atoms with Crippen LogP contribution in [-0.4, -0.2) is 52.1 Å². The van der Waals surface area contributed by atoms with E-state index >= 15 is 0 Å². The Balaban J connectivity index is 0.00000338. The molecule has 1 atom stereocenters. The number of aliphatic imine (C=N–C) groups is 1. The number of hydrogen-bond donors (Lipinski definition) is 2. The Morgan fingerprint density at radius 3 is 2.65 bits per heavy atom. The molecule has 0 aliphatic carbocycles. The van der Waals surface area contributed by atoms with Gasteiger partial charge >= 0.3 is 0 Å². The third kappa shape index (κ3) is 7.30. The highest BCUT2D eigenvalue weighted by molar-refractivity contribution is 14.0. The molecular formula is C18H30IN3O3S. The highest BCUT2D eigenvalue weighted by Crippen LogP contribution is 2.25. The fourth-order valence-electron chi connectivity index (χ4n) is 2.69. The largest absolute Gasteiger partial charge is 0.492 e. The zero-order chi connectivity index (χ0) is 18.5. The molecule has 8 heteroatoms. The second-order valence-electron chi connectivity index (χ2n) is 7.37. The van der Waals surface area contributed by atoms with Crippen LogP contribution in [0.3, 0.4) is 0 Å². The predicted molar refractivity (Wildman–Crippen MR) is 118 cm³/mol. The van der Waals surface area contributed by atoms with Crippen molar-refractivity contribution in [2.75, 3.05) is 31.7 Å². The molecule has 0 bridgehead atoms. The minimum absolute atomic E-state index is 0. The minimum atomic E-state index is -2.90. The quantitative estimate of drug-likeness (QED) is 0.284. The molecule has 1 fully saturated rings. The summed E-state index contributed by atoms with van der Waals surface area (Å²) >= 11 is 0. The molecule has 2 rings (SSSR count). The number of nitrogens with zero attached hydrogens (tertiary/aromatic N) is 1. The Labute approximate surface area is 174 Å². The first-order valence-corrected chi connectivity index (χ1v) is 10.4. The molecule has 148 valence electrons. The summed E-state index contributed by atoms with van der Waals surface area (Å²) in [5.41, 5.74) is 1.32. The van der Waals surface area contributed by atoms with Crippen LogP contribution < -0.4 is 15.4 Å². The lowest BCUT2D eigenvalue weighted by Gasteiger charge is -2.20. The Hall–Kier alpha value is -1.03. The maximum absolute atomic E-state index is 11.5. The van der Waals surface area contributed by atoms with Gasteiger partial charge in [-0.25, -0.2) is 8.42 Å². The first-order valence-electron chi connectivity index (χ1n) is 8.60. The van der Waals surface area contributed by atoms with Crippen molar-refractivity contribution in [2.45, 2.75) is 38.6 Å². The van der Waals surface area contributed by atoms with Crippen molar-refractivity contribution in [3.8, 4) is 5.75 Å². The molecule has 1 aliphatic rings. The second kappa shape index (κ2) is 9.77. The van der Waals surface area contributed by atoms with E-state index in [0.717, 1.165) is 5.75 Å². The number of rotatable bonds is 5. The molecule has 6 nitrogen and oxygen atoms in total. The van der Waals surface area contributed by atoms with Crippen molar-refractivity contribution in [1.29, 1.82) is 0 Å². The Morgan fingerprint density at radius 2 is 2.08 bits per heavy atom. The normalized spacial score (nSPS) is 19.5. The molecule has 0 aromatic heterocycles. The van der Waals surface area contributed by atoms with Crippen LogP contribution in [0.15, 0.2) is 29.3 Å². The first kappa shape index (κ1) is 23.0. The van der Waals surface area contributed by atoms with E-state index in [0.29, 0.717) is 25.5 Å². The number of guanidine groups is 1. The molecule has 1 unspecified atom stereocenters. The van der Waals surface area contributed by atoms with Gasteiger partial charge in [-0.3, -0.25) is 4.99 Å². The standard InChI is InChI=1S/C18H29N3O3S.HI/c1-18(2,3)14-6-5-7-16(12-14)24-10-9-20-17(19-4)21-15-8-11-25(22,23)13-15;/h5-7,12,15H,8-11,13H2,1-4H3,(H2,19,20,21);1H. The molecule has 26 heavy (non-hydrogen) atoms. The van der Waals surface area contributed by atoms with Gasteiger partial charge in [-0.05, 0) is 29.5 Å². The van der Waals surface area contributed by atoms with Crippen molar-refractivity contribution < 1.29 is 13.2 Å². The average Bonchev–Trinajstić information content (AvgIpc) is 2.88. The molecular weight excluding hydrogens is 465 g/mol.